The topological polar surface area (TPSA) is 0 Å². The van der Waals surface area contributed by atoms with Crippen molar-refractivity contribution in [3.8, 4) is 145 Å². The van der Waals surface area contributed by atoms with Crippen LogP contribution in [0.2, 0.25) is 0 Å². The average molecular weight is 1310 g/mol. The Morgan fingerprint density at radius 2 is 0.176 bits per heavy atom. The molecule has 0 saturated heterocycles. The lowest BCUT2D eigenvalue weighted by molar-refractivity contribution is 1.46. The van der Waals surface area contributed by atoms with Crippen molar-refractivity contribution in [2.45, 2.75) is 41.5 Å². The third-order valence-corrected chi connectivity index (χ3v) is 19.3. The highest BCUT2D eigenvalue weighted by atomic mass is 14.2. The molecule has 0 saturated carbocycles. The predicted octanol–water partition coefficient (Wildman–Crippen LogP) is 28.6. The summed E-state index contributed by atoms with van der Waals surface area (Å²) in [7, 11) is 0. The van der Waals surface area contributed by atoms with Crippen molar-refractivity contribution >= 4 is 0 Å². The first-order chi connectivity index (χ1) is 49.9. The van der Waals surface area contributed by atoms with Crippen LogP contribution >= 0.6 is 0 Å². The third kappa shape index (κ3) is 16.5. The molecular weight excluding hydrogens is 1230 g/mol. The van der Waals surface area contributed by atoms with Gasteiger partial charge in [0.15, 0.2) is 0 Å². The number of hydrogen-bond acceptors (Lipinski definition) is 0. The van der Waals surface area contributed by atoms with Gasteiger partial charge < -0.3 is 0 Å². The van der Waals surface area contributed by atoms with Gasteiger partial charge in [0.25, 0.3) is 0 Å². The summed E-state index contributed by atoms with van der Waals surface area (Å²) >= 11 is 0. The first kappa shape index (κ1) is 66.7. The molecule has 0 radical (unpaired) electrons. The minimum absolute atomic E-state index is 1.21. The highest BCUT2D eigenvalue weighted by Crippen LogP contribution is 2.39. The van der Waals surface area contributed by atoms with Gasteiger partial charge in [-0.25, -0.2) is 0 Å². The van der Waals surface area contributed by atoms with Crippen molar-refractivity contribution < 1.29 is 0 Å². The summed E-state index contributed by atoms with van der Waals surface area (Å²) in [5, 5.41) is 0. The van der Waals surface area contributed by atoms with Crippen LogP contribution in [0.3, 0.4) is 0 Å². The summed E-state index contributed by atoms with van der Waals surface area (Å²) in [6.45, 7) is 12.8. The van der Waals surface area contributed by atoms with E-state index in [0.717, 1.165) is 0 Å². The van der Waals surface area contributed by atoms with Crippen molar-refractivity contribution in [3.05, 3.63) is 422 Å². The largest absolute Gasteiger partial charge is 0.0622 e. The van der Waals surface area contributed by atoms with E-state index in [1.807, 2.05) is 0 Å². The van der Waals surface area contributed by atoms with Gasteiger partial charge in [-0.2, -0.15) is 0 Å². The molecule has 0 aliphatic rings. The molecule has 0 aliphatic heterocycles. The molecule has 0 fully saturated rings. The highest BCUT2D eigenvalue weighted by Gasteiger charge is 2.14. The maximum absolute atomic E-state index is 2.32. The van der Waals surface area contributed by atoms with Crippen LogP contribution in [0.15, 0.2) is 388 Å². The maximum atomic E-state index is 2.32. The standard InChI is InChI=1S/C44H34.C32H26.C26H22/c1-31-8-12-34(13-9-31)37-18-24-40(25-19-37)43-28-42(39-22-16-36(17-23-39)33-6-4-3-5-7-33)29-44(30-43)41-26-20-38(21-27-41)35-14-10-32(2)11-15-35;1-23-8-12-27(13-9-23)30-20-31(28-14-10-24(2)11-15-28)22-32(21-30)29-18-16-26(17-19-29)25-6-4-3-5-7-25;1-19-8-12-22(13-9-19)25-16-24(21-6-4-3-5-7-21)17-26(18-25)23-14-10-20(2)11-15-23/h3-30H,1-2H3;3-22H,1-2H3;3-18H,1-2H3. The lowest BCUT2D eigenvalue weighted by Crippen LogP contribution is -1.88. The third-order valence-electron chi connectivity index (χ3n) is 19.3. The smallest absolute Gasteiger partial charge is 0.0172 e. The van der Waals surface area contributed by atoms with Crippen LogP contribution in [0.5, 0.6) is 0 Å². The van der Waals surface area contributed by atoms with E-state index in [0.29, 0.717) is 0 Å². The van der Waals surface area contributed by atoms with E-state index in [9.17, 15) is 0 Å². The van der Waals surface area contributed by atoms with Gasteiger partial charge in [-0.15, -0.1) is 0 Å². The molecule has 0 nitrogen and oxygen atoms in total. The first-order valence-corrected chi connectivity index (χ1v) is 35.4. The number of aryl methyl sites for hydroxylation is 6. The zero-order valence-corrected chi connectivity index (χ0v) is 59.0. The van der Waals surface area contributed by atoms with Crippen LogP contribution in [-0.2, 0) is 0 Å². The Balaban J connectivity index is 0.000000135. The van der Waals surface area contributed by atoms with Gasteiger partial charge in [0.2, 0.25) is 0 Å². The summed E-state index contributed by atoms with van der Waals surface area (Å²) in [6, 6.07) is 141. The number of rotatable bonds is 13. The molecular formula is C102H82. The normalized spacial score (nSPS) is 10.8. The summed E-state index contributed by atoms with van der Waals surface area (Å²) < 4.78 is 0. The van der Waals surface area contributed by atoms with Crippen molar-refractivity contribution in [2.24, 2.45) is 0 Å². The van der Waals surface area contributed by atoms with Crippen LogP contribution in [-0.4, -0.2) is 0 Å². The van der Waals surface area contributed by atoms with Crippen molar-refractivity contribution in [3.63, 3.8) is 0 Å². The zero-order chi connectivity index (χ0) is 69.7. The molecule has 0 aliphatic carbocycles. The molecule has 16 aromatic carbocycles. The fourth-order valence-electron chi connectivity index (χ4n) is 13.2. The van der Waals surface area contributed by atoms with E-state index in [2.05, 4.69) is 430 Å². The Morgan fingerprint density at radius 3 is 0.304 bits per heavy atom. The molecule has 0 aromatic heterocycles. The molecule has 0 N–H and O–H groups in total. The second kappa shape index (κ2) is 31.2. The SMILES string of the molecule is Cc1ccc(-c2cc(-c3ccc(C)cc3)cc(-c3ccc(-c4ccccc4)cc3)c2)cc1.Cc1ccc(-c2cc(-c3ccccc3)cc(-c3ccc(C)cc3)c2)cc1.Cc1ccc(-c2ccc(-c3cc(-c4ccc(-c5ccccc5)cc4)cc(-c4ccc(-c5ccc(C)cc5)cc4)c3)cc2)cc1. The monoisotopic (exact) mass is 1310 g/mol. The fraction of sp³-hybridized carbons (Fsp3) is 0.0588. The molecule has 490 valence electrons. The molecule has 0 heteroatoms. The molecule has 102 heavy (non-hydrogen) atoms. The Labute approximate surface area is 603 Å². The lowest BCUT2D eigenvalue weighted by Gasteiger charge is -2.13. The van der Waals surface area contributed by atoms with Gasteiger partial charge in [0, 0.05) is 0 Å². The molecule has 0 heterocycles. The van der Waals surface area contributed by atoms with Crippen molar-refractivity contribution in [1.29, 1.82) is 0 Å². The predicted molar refractivity (Wildman–Crippen MR) is 438 cm³/mol. The zero-order valence-electron chi connectivity index (χ0n) is 59.0. The van der Waals surface area contributed by atoms with Gasteiger partial charge in [0.1, 0.15) is 0 Å². The van der Waals surface area contributed by atoms with Crippen molar-refractivity contribution in [1.82, 2.24) is 0 Å². The fourth-order valence-corrected chi connectivity index (χ4v) is 13.2. The summed E-state index contributed by atoms with van der Waals surface area (Å²) in [4.78, 5) is 0. The second-order valence-corrected chi connectivity index (χ2v) is 27.0. The van der Waals surface area contributed by atoms with Crippen LogP contribution in [0, 0.1) is 41.5 Å². The Hall–Kier alpha value is -12.5. The number of benzene rings is 16. The van der Waals surface area contributed by atoms with Gasteiger partial charge in [-0.05, 0) is 241 Å². The van der Waals surface area contributed by atoms with E-state index in [1.54, 1.807) is 0 Å². The van der Waals surface area contributed by atoms with E-state index in [-0.39, 0.29) is 0 Å². The quantitative estimate of drug-likeness (QED) is 0.108. The van der Waals surface area contributed by atoms with Gasteiger partial charge >= 0.3 is 0 Å². The average Bonchev–Trinajstić information content (AvgIpc) is 0.805. The van der Waals surface area contributed by atoms with Crippen LogP contribution in [0.1, 0.15) is 33.4 Å². The number of hydrogen-bond donors (Lipinski definition) is 0. The lowest BCUT2D eigenvalue weighted by atomic mass is 9.91. The molecule has 0 amide bonds. The molecule has 16 rings (SSSR count). The van der Waals surface area contributed by atoms with Crippen LogP contribution < -0.4 is 0 Å². The summed E-state index contributed by atoms with van der Waals surface area (Å²) in [5.74, 6) is 0. The molecule has 0 spiro atoms. The molecule has 16 aromatic rings. The maximum Gasteiger partial charge on any atom is -0.0172 e. The first-order valence-electron chi connectivity index (χ1n) is 35.4. The van der Waals surface area contributed by atoms with E-state index >= 15 is 0 Å². The summed E-state index contributed by atoms with van der Waals surface area (Å²) in [5.41, 5.74) is 39.7. The summed E-state index contributed by atoms with van der Waals surface area (Å²) in [6.07, 6.45) is 0. The van der Waals surface area contributed by atoms with Gasteiger partial charge in [-0.1, -0.05) is 367 Å². The minimum Gasteiger partial charge on any atom is -0.0622 e. The molecule has 0 atom stereocenters. The van der Waals surface area contributed by atoms with Crippen LogP contribution in [0.25, 0.3) is 145 Å². The van der Waals surface area contributed by atoms with Gasteiger partial charge in [-0.3, -0.25) is 0 Å². The van der Waals surface area contributed by atoms with E-state index in [4.69, 9.17) is 0 Å². The van der Waals surface area contributed by atoms with Crippen LogP contribution in [0.4, 0.5) is 0 Å². The van der Waals surface area contributed by atoms with E-state index < -0.39 is 0 Å². The van der Waals surface area contributed by atoms with Gasteiger partial charge in [0.05, 0.1) is 0 Å². The molecule has 0 bridgehead atoms. The highest BCUT2D eigenvalue weighted by molar-refractivity contribution is 5.86. The molecule has 0 unspecified atom stereocenters. The Kier molecular flexibility index (Phi) is 20.4. The Morgan fingerprint density at radius 1 is 0.0882 bits per heavy atom. The second-order valence-electron chi connectivity index (χ2n) is 27.0. The minimum atomic E-state index is 1.21. The Bertz CT molecular complexity index is 5170. The van der Waals surface area contributed by atoms with E-state index in [1.165, 1.54) is 178 Å². The van der Waals surface area contributed by atoms with Crippen molar-refractivity contribution in [2.75, 3.05) is 0 Å².